The number of hydrogen-bond acceptors (Lipinski definition) is 8. The Labute approximate surface area is 329 Å². The molecule has 3 fully saturated rings. The van der Waals surface area contributed by atoms with Crippen molar-refractivity contribution in [3.05, 3.63) is 119 Å². The monoisotopic (exact) mass is 753 g/mol. The molecule has 10 heteroatoms. The molecule has 1 unspecified atom stereocenters. The molecule has 2 N–H and O–H groups in total. The average Bonchev–Trinajstić information content (AvgIpc) is 3.23. The summed E-state index contributed by atoms with van der Waals surface area (Å²) in [7, 11) is 1.62. The van der Waals surface area contributed by atoms with Crippen LogP contribution < -0.4 is 19.9 Å². The van der Waals surface area contributed by atoms with E-state index in [0.29, 0.717) is 41.9 Å². The number of ether oxygens (including phenoxy) is 1. The molecule has 4 aromatic carbocycles. The molecule has 56 heavy (non-hydrogen) atoms. The second-order valence-corrected chi connectivity index (χ2v) is 16.4. The minimum absolute atomic E-state index is 0.226. The van der Waals surface area contributed by atoms with Gasteiger partial charge in [0, 0.05) is 69.9 Å². The number of imide groups is 1. The van der Waals surface area contributed by atoms with Crippen LogP contribution in [0.25, 0.3) is 0 Å². The Morgan fingerprint density at radius 3 is 2.45 bits per heavy atom. The van der Waals surface area contributed by atoms with Gasteiger partial charge in [0.15, 0.2) is 0 Å². The van der Waals surface area contributed by atoms with Crippen LogP contribution in [0.1, 0.15) is 76.6 Å². The lowest BCUT2D eigenvalue weighted by Crippen LogP contribution is -2.58. The molecule has 0 bridgehead atoms. The first-order chi connectivity index (χ1) is 27.3. The van der Waals surface area contributed by atoms with Crippen molar-refractivity contribution in [2.75, 3.05) is 62.7 Å². The number of phenols is 1. The molecule has 0 aromatic heterocycles. The fourth-order valence-corrected chi connectivity index (χ4v) is 10.0. The van der Waals surface area contributed by atoms with Crippen LogP contribution in [0.3, 0.4) is 0 Å². The van der Waals surface area contributed by atoms with Crippen LogP contribution in [-0.2, 0) is 16.0 Å². The Kier molecular flexibility index (Phi) is 9.91. The third-order valence-electron chi connectivity index (χ3n) is 13.1. The number of rotatable bonds is 7. The van der Waals surface area contributed by atoms with E-state index in [-0.39, 0.29) is 30.2 Å². The molecule has 9 rings (SSSR count). The second-order valence-electron chi connectivity index (χ2n) is 16.4. The lowest BCUT2D eigenvalue weighted by molar-refractivity contribution is -0.136. The first-order valence-corrected chi connectivity index (χ1v) is 20.4. The molecule has 290 valence electrons. The zero-order chi connectivity index (χ0) is 38.3. The van der Waals surface area contributed by atoms with Crippen LogP contribution in [0.15, 0.2) is 91.0 Å². The minimum atomic E-state index is -0.662. The van der Waals surface area contributed by atoms with Crippen LogP contribution >= 0.6 is 0 Å². The van der Waals surface area contributed by atoms with E-state index in [0.717, 1.165) is 57.8 Å². The third kappa shape index (κ3) is 7.11. The van der Waals surface area contributed by atoms with Crippen molar-refractivity contribution in [1.82, 2.24) is 15.1 Å². The molecule has 1 aliphatic carbocycles. The maximum atomic E-state index is 13.3. The second kappa shape index (κ2) is 15.3. The highest BCUT2D eigenvalue weighted by Gasteiger charge is 2.37. The zero-order valence-corrected chi connectivity index (χ0v) is 32.1. The molecule has 4 atom stereocenters. The number of carbonyl (C=O) groups is 3. The maximum absolute atomic E-state index is 13.3. The van der Waals surface area contributed by atoms with Crippen molar-refractivity contribution in [3.8, 4) is 11.5 Å². The van der Waals surface area contributed by atoms with E-state index in [1.54, 1.807) is 13.1 Å². The lowest BCUT2D eigenvalue weighted by Gasteiger charge is -2.47. The molecule has 4 aliphatic heterocycles. The number of benzene rings is 4. The molecule has 0 spiro atoms. The van der Waals surface area contributed by atoms with Crippen LogP contribution in [0, 0.1) is 5.92 Å². The first-order valence-electron chi connectivity index (χ1n) is 20.4. The van der Waals surface area contributed by atoms with Gasteiger partial charge in [0.2, 0.25) is 11.8 Å². The average molecular weight is 754 g/mol. The van der Waals surface area contributed by atoms with Gasteiger partial charge in [-0.3, -0.25) is 24.6 Å². The molecule has 4 heterocycles. The number of likely N-dealkylation sites (N-methyl/N-ethyl adjacent to an activating group) is 1. The van der Waals surface area contributed by atoms with E-state index in [9.17, 15) is 19.5 Å². The largest absolute Gasteiger partial charge is 0.508 e. The van der Waals surface area contributed by atoms with Crippen LogP contribution in [0.4, 0.5) is 11.4 Å². The summed E-state index contributed by atoms with van der Waals surface area (Å²) in [5, 5.41) is 12.6. The number of nitrogens with one attached hydrogen (secondary N) is 1. The predicted molar refractivity (Wildman–Crippen MR) is 217 cm³/mol. The summed E-state index contributed by atoms with van der Waals surface area (Å²) in [5.41, 5.74) is 8.10. The Bertz CT molecular complexity index is 2100. The first kappa shape index (κ1) is 36.3. The van der Waals surface area contributed by atoms with Crippen molar-refractivity contribution in [2.24, 2.45) is 5.92 Å². The number of hydrogen-bond donors (Lipinski definition) is 2. The van der Waals surface area contributed by atoms with Gasteiger partial charge >= 0.3 is 0 Å². The van der Waals surface area contributed by atoms with Crippen molar-refractivity contribution >= 4 is 29.1 Å². The Hall–Kier alpha value is -5.35. The van der Waals surface area contributed by atoms with Crippen molar-refractivity contribution in [2.45, 2.75) is 62.4 Å². The van der Waals surface area contributed by atoms with Gasteiger partial charge in [-0.1, -0.05) is 48.5 Å². The molecule has 5 aliphatic rings. The highest BCUT2D eigenvalue weighted by atomic mass is 16.5. The number of aromatic hydroxyl groups is 1. The maximum Gasteiger partial charge on any atom is 0.254 e. The number of piperazine rings is 1. The number of phenolic OH excluding ortho intramolecular Hbond substituents is 1. The highest BCUT2D eigenvalue weighted by molar-refractivity contribution is 6.04. The SMILES string of the molecule is CN(C(=O)c1ccc2c(c1)OC[C@H]1CN(CC3CCN(c4ccc([C@@H]5c6ccc(O)cc6CC[C@@H]5c5ccccc5)cc4)CC3)CCN21)C1CCC(=O)NC1=O. The molecule has 0 radical (unpaired) electrons. The van der Waals surface area contributed by atoms with Gasteiger partial charge in [-0.25, -0.2) is 0 Å². The smallest absolute Gasteiger partial charge is 0.254 e. The Morgan fingerprint density at radius 2 is 1.66 bits per heavy atom. The van der Waals surface area contributed by atoms with Crippen molar-refractivity contribution < 1.29 is 24.2 Å². The number of carbonyl (C=O) groups excluding carboxylic acids is 3. The van der Waals surface area contributed by atoms with Gasteiger partial charge in [0.25, 0.3) is 5.91 Å². The molecular formula is C46H51N5O5. The van der Waals surface area contributed by atoms with E-state index in [2.05, 4.69) is 80.7 Å². The zero-order valence-electron chi connectivity index (χ0n) is 32.1. The molecule has 0 saturated carbocycles. The summed E-state index contributed by atoms with van der Waals surface area (Å²) in [6, 6.07) is 31.4. The van der Waals surface area contributed by atoms with Gasteiger partial charge in [0.1, 0.15) is 24.1 Å². The van der Waals surface area contributed by atoms with Gasteiger partial charge in [-0.2, -0.15) is 0 Å². The van der Waals surface area contributed by atoms with Crippen LogP contribution in [0.2, 0.25) is 0 Å². The highest BCUT2D eigenvalue weighted by Crippen LogP contribution is 2.47. The van der Waals surface area contributed by atoms with E-state index < -0.39 is 11.9 Å². The third-order valence-corrected chi connectivity index (χ3v) is 13.1. The number of nitrogens with zero attached hydrogens (tertiary/aromatic N) is 4. The number of fused-ring (bicyclic) bond motifs is 4. The van der Waals surface area contributed by atoms with Gasteiger partial charge in [-0.15, -0.1) is 0 Å². The standard InChI is InChI=1S/C46H51N5O5/c1-48(41-17-18-43(53)47-45(41)54)46(55)34-10-16-40-42(26-34)56-29-36-28-49(23-24-51(36)40)27-30-19-21-50(22-20-30)35-11-7-32(8-12-35)44-38(31-5-3-2-4-6-31)14-9-33-25-37(52)13-15-39(33)44/h2-8,10-13,15-16,25-26,30,36,38,41,44,52H,9,14,17-24,27-29H2,1H3,(H,47,53,54)/t36-,38-,41?,44+/m1/s1. The summed E-state index contributed by atoms with van der Waals surface area (Å²) in [4.78, 5) is 46.3. The number of aryl methyl sites for hydroxylation is 1. The van der Waals surface area contributed by atoms with E-state index >= 15 is 0 Å². The normalized spacial score (nSPS) is 24.0. The summed E-state index contributed by atoms with van der Waals surface area (Å²) in [5.74, 6) is 1.39. The van der Waals surface area contributed by atoms with E-state index in [1.165, 1.54) is 45.7 Å². The molecule has 10 nitrogen and oxygen atoms in total. The Balaban J connectivity index is 0.792. The van der Waals surface area contributed by atoms with Crippen LogP contribution in [0.5, 0.6) is 11.5 Å². The molecule has 3 amide bonds. The summed E-state index contributed by atoms with van der Waals surface area (Å²) in [6.45, 7) is 6.64. The van der Waals surface area contributed by atoms with E-state index in [1.807, 2.05) is 24.3 Å². The van der Waals surface area contributed by atoms with Gasteiger partial charge < -0.3 is 24.5 Å². The fourth-order valence-electron chi connectivity index (χ4n) is 10.0. The van der Waals surface area contributed by atoms with Crippen molar-refractivity contribution in [1.29, 1.82) is 0 Å². The molecule has 3 saturated heterocycles. The lowest BCUT2D eigenvalue weighted by atomic mass is 9.69. The number of piperidine rings is 2. The number of anilines is 2. The van der Waals surface area contributed by atoms with Crippen LogP contribution in [-0.4, -0.2) is 97.6 Å². The summed E-state index contributed by atoms with van der Waals surface area (Å²) in [6.07, 6.45) is 4.94. The predicted octanol–water partition coefficient (Wildman–Crippen LogP) is 5.93. The molecule has 4 aromatic rings. The van der Waals surface area contributed by atoms with Gasteiger partial charge in [0.05, 0.1) is 11.7 Å². The minimum Gasteiger partial charge on any atom is -0.508 e. The Morgan fingerprint density at radius 1 is 0.857 bits per heavy atom. The topological polar surface area (TPSA) is 106 Å². The van der Waals surface area contributed by atoms with Gasteiger partial charge in [-0.05, 0) is 109 Å². The quantitative estimate of drug-likeness (QED) is 0.224. The van der Waals surface area contributed by atoms with Crippen molar-refractivity contribution in [3.63, 3.8) is 0 Å². The van der Waals surface area contributed by atoms with E-state index in [4.69, 9.17) is 4.74 Å². The fraction of sp³-hybridized carbons (Fsp3) is 0.413. The molecular weight excluding hydrogens is 703 g/mol. The number of amides is 3. The summed E-state index contributed by atoms with van der Waals surface area (Å²) < 4.78 is 6.26. The summed E-state index contributed by atoms with van der Waals surface area (Å²) >= 11 is 0.